The minimum atomic E-state index is -0.417. The predicted molar refractivity (Wildman–Crippen MR) is 79.8 cm³/mol. The Balaban J connectivity index is 2.21. The molecule has 3 rings (SSSR count). The number of Topliss-reactive ketones (excluding diaryl/α,β-unsaturated/α-hetero) is 2. The molecular weight excluding hydrogens is 342 g/mol. The SMILES string of the molecule is O=C1C(c2ccc(Br)cc2)=C(Cl)C(=O)c2ncccc21. The van der Waals surface area contributed by atoms with Gasteiger partial charge in [0.2, 0.25) is 5.78 Å². The molecule has 0 spiro atoms. The van der Waals surface area contributed by atoms with Gasteiger partial charge < -0.3 is 0 Å². The van der Waals surface area contributed by atoms with Crippen molar-refractivity contribution in [2.24, 2.45) is 0 Å². The van der Waals surface area contributed by atoms with Crippen LogP contribution in [0.1, 0.15) is 26.4 Å². The molecule has 0 amide bonds. The molecular formula is C15H7BrClNO2. The topological polar surface area (TPSA) is 47.0 Å². The summed E-state index contributed by atoms with van der Waals surface area (Å²) >= 11 is 9.41. The van der Waals surface area contributed by atoms with E-state index in [-0.39, 0.29) is 22.1 Å². The highest BCUT2D eigenvalue weighted by Gasteiger charge is 2.32. The first-order valence-corrected chi connectivity index (χ1v) is 6.97. The Labute approximate surface area is 128 Å². The Kier molecular flexibility index (Phi) is 3.28. The molecule has 0 saturated heterocycles. The Morgan fingerprint density at radius 3 is 2.40 bits per heavy atom. The molecule has 1 heterocycles. The van der Waals surface area contributed by atoms with Gasteiger partial charge in [0.15, 0.2) is 5.78 Å². The number of rotatable bonds is 1. The molecule has 1 aliphatic rings. The second-order valence-corrected chi connectivity index (χ2v) is 5.55. The number of hydrogen-bond donors (Lipinski definition) is 0. The lowest BCUT2D eigenvalue weighted by molar-refractivity contribution is 0.0994. The first-order valence-electron chi connectivity index (χ1n) is 5.79. The smallest absolute Gasteiger partial charge is 0.224 e. The van der Waals surface area contributed by atoms with Crippen molar-refractivity contribution in [1.29, 1.82) is 0 Å². The lowest BCUT2D eigenvalue weighted by Crippen LogP contribution is -2.20. The maximum absolute atomic E-state index is 12.5. The second-order valence-electron chi connectivity index (χ2n) is 4.25. The van der Waals surface area contributed by atoms with Gasteiger partial charge in [0, 0.05) is 10.7 Å². The van der Waals surface area contributed by atoms with Crippen LogP contribution in [0.15, 0.2) is 52.1 Å². The molecule has 0 aliphatic heterocycles. The molecule has 1 aliphatic carbocycles. The van der Waals surface area contributed by atoms with Gasteiger partial charge in [-0.25, -0.2) is 0 Å². The van der Waals surface area contributed by atoms with Gasteiger partial charge in [-0.2, -0.15) is 0 Å². The molecule has 98 valence electrons. The van der Waals surface area contributed by atoms with E-state index in [0.717, 1.165) is 4.47 Å². The summed E-state index contributed by atoms with van der Waals surface area (Å²) in [6.07, 6.45) is 1.47. The normalized spacial score (nSPS) is 14.5. The molecule has 0 atom stereocenters. The zero-order valence-electron chi connectivity index (χ0n) is 10.1. The summed E-state index contributed by atoms with van der Waals surface area (Å²) in [4.78, 5) is 28.7. The third-order valence-corrected chi connectivity index (χ3v) is 3.94. The molecule has 3 nitrogen and oxygen atoms in total. The molecule has 0 fully saturated rings. The van der Waals surface area contributed by atoms with Crippen LogP contribution in [0.25, 0.3) is 5.57 Å². The fraction of sp³-hybridized carbons (Fsp3) is 0. The quantitative estimate of drug-likeness (QED) is 0.786. The van der Waals surface area contributed by atoms with E-state index >= 15 is 0 Å². The molecule has 1 aromatic carbocycles. The van der Waals surface area contributed by atoms with Crippen LogP contribution in [0.2, 0.25) is 0 Å². The summed E-state index contributed by atoms with van der Waals surface area (Å²) in [6.45, 7) is 0. The number of aromatic nitrogens is 1. The largest absolute Gasteiger partial charge is 0.288 e. The van der Waals surface area contributed by atoms with Crippen LogP contribution < -0.4 is 0 Å². The molecule has 2 aromatic rings. The van der Waals surface area contributed by atoms with Gasteiger partial charge in [-0.1, -0.05) is 39.7 Å². The van der Waals surface area contributed by atoms with Gasteiger partial charge in [0.25, 0.3) is 0 Å². The van der Waals surface area contributed by atoms with Crippen molar-refractivity contribution >= 4 is 44.7 Å². The van der Waals surface area contributed by atoms with Crippen molar-refractivity contribution in [2.45, 2.75) is 0 Å². The third-order valence-electron chi connectivity index (χ3n) is 3.05. The number of halogens is 2. The van der Waals surface area contributed by atoms with Crippen LogP contribution in [0.3, 0.4) is 0 Å². The van der Waals surface area contributed by atoms with Crippen molar-refractivity contribution in [3.8, 4) is 0 Å². The average Bonchev–Trinajstić information content (AvgIpc) is 2.47. The second kappa shape index (κ2) is 4.96. The molecule has 0 bridgehead atoms. The predicted octanol–water partition coefficient (Wildman–Crippen LogP) is 3.87. The summed E-state index contributed by atoms with van der Waals surface area (Å²) in [5, 5.41) is -0.0801. The van der Waals surface area contributed by atoms with Gasteiger partial charge >= 0.3 is 0 Å². The number of carbonyl (C=O) groups excluding carboxylic acids is 2. The van der Waals surface area contributed by atoms with Gasteiger partial charge in [-0.3, -0.25) is 14.6 Å². The minimum absolute atomic E-state index is 0.0801. The molecule has 1 aromatic heterocycles. The van der Waals surface area contributed by atoms with Crippen LogP contribution in [0, 0.1) is 0 Å². The Morgan fingerprint density at radius 1 is 1.00 bits per heavy atom. The van der Waals surface area contributed by atoms with Crippen LogP contribution in [0.5, 0.6) is 0 Å². The first-order chi connectivity index (χ1) is 9.59. The fourth-order valence-corrected chi connectivity index (χ4v) is 2.64. The number of ketones is 2. The highest BCUT2D eigenvalue weighted by atomic mass is 79.9. The van der Waals surface area contributed by atoms with Crippen LogP contribution in [-0.4, -0.2) is 16.6 Å². The summed E-state index contributed by atoms with van der Waals surface area (Å²) < 4.78 is 0.884. The Morgan fingerprint density at radius 2 is 1.70 bits per heavy atom. The van der Waals surface area contributed by atoms with E-state index in [1.54, 1.807) is 36.4 Å². The first kappa shape index (κ1) is 13.2. The van der Waals surface area contributed by atoms with Crippen LogP contribution in [-0.2, 0) is 0 Å². The molecule has 20 heavy (non-hydrogen) atoms. The van der Waals surface area contributed by atoms with Gasteiger partial charge in [-0.05, 0) is 29.8 Å². The Bertz CT molecular complexity index is 766. The lowest BCUT2D eigenvalue weighted by atomic mass is 9.89. The van der Waals surface area contributed by atoms with Crippen LogP contribution in [0.4, 0.5) is 0 Å². The van der Waals surface area contributed by atoms with Crippen molar-refractivity contribution < 1.29 is 9.59 Å². The molecule has 0 unspecified atom stereocenters. The van der Waals surface area contributed by atoms with Crippen LogP contribution >= 0.6 is 27.5 Å². The standard InChI is InChI=1S/C15H7BrClNO2/c16-9-5-3-8(4-6-9)11-12(17)15(20)13-10(14(11)19)2-1-7-18-13/h1-7H. The van der Waals surface area contributed by atoms with E-state index in [0.29, 0.717) is 11.1 Å². The highest BCUT2D eigenvalue weighted by molar-refractivity contribution is 9.10. The lowest BCUT2D eigenvalue weighted by Gasteiger charge is -2.16. The Hall–Kier alpha value is -1.78. The van der Waals surface area contributed by atoms with E-state index < -0.39 is 5.78 Å². The third kappa shape index (κ3) is 2.01. The zero-order chi connectivity index (χ0) is 14.3. The zero-order valence-corrected chi connectivity index (χ0v) is 12.4. The van der Waals surface area contributed by atoms with E-state index in [1.165, 1.54) is 6.20 Å². The number of fused-ring (bicyclic) bond motifs is 1. The van der Waals surface area contributed by atoms with E-state index in [4.69, 9.17) is 11.6 Å². The highest BCUT2D eigenvalue weighted by Crippen LogP contribution is 2.33. The molecule has 5 heteroatoms. The number of benzene rings is 1. The number of nitrogens with zero attached hydrogens (tertiary/aromatic N) is 1. The van der Waals surface area contributed by atoms with Crippen molar-refractivity contribution in [2.75, 3.05) is 0 Å². The van der Waals surface area contributed by atoms with E-state index in [1.807, 2.05) is 0 Å². The summed E-state index contributed by atoms with van der Waals surface area (Å²) in [6, 6.07) is 10.3. The maximum atomic E-state index is 12.5. The fourth-order valence-electron chi connectivity index (χ4n) is 2.10. The minimum Gasteiger partial charge on any atom is -0.288 e. The number of hydrogen-bond acceptors (Lipinski definition) is 3. The van der Waals surface area contributed by atoms with Crippen molar-refractivity contribution in [3.05, 3.63) is 68.9 Å². The monoisotopic (exact) mass is 347 g/mol. The summed E-state index contributed by atoms with van der Waals surface area (Å²) in [5.41, 5.74) is 1.25. The number of allylic oxidation sites excluding steroid dienone is 2. The maximum Gasteiger partial charge on any atom is 0.224 e. The summed E-state index contributed by atoms with van der Waals surface area (Å²) in [7, 11) is 0. The molecule has 0 N–H and O–H groups in total. The average molecular weight is 349 g/mol. The van der Waals surface area contributed by atoms with Crippen molar-refractivity contribution in [3.63, 3.8) is 0 Å². The molecule has 0 saturated carbocycles. The van der Waals surface area contributed by atoms with E-state index in [2.05, 4.69) is 20.9 Å². The summed E-state index contributed by atoms with van der Waals surface area (Å²) in [5.74, 6) is -0.695. The van der Waals surface area contributed by atoms with Gasteiger partial charge in [0.05, 0.1) is 11.1 Å². The van der Waals surface area contributed by atoms with Crippen molar-refractivity contribution in [1.82, 2.24) is 4.98 Å². The number of carbonyl (C=O) groups is 2. The van der Waals surface area contributed by atoms with Gasteiger partial charge in [0.1, 0.15) is 10.7 Å². The van der Waals surface area contributed by atoms with Gasteiger partial charge in [-0.15, -0.1) is 0 Å². The molecule has 0 radical (unpaired) electrons. The number of pyridine rings is 1. The van der Waals surface area contributed by atoms with E-state index in [9.17, 15) is 9.59 Å².